The standard InChI is InChI=1S/C24H26N4/c1-2-8-19(9-3-1)27-23-15-26-14-21(23)22-17-28(16-18-7-6-12-25-13-18)24-11-5-4-10-20(22)24/h1-5,8-11,14-15,17-18,25-27H,6-7,12-13,16H2. The van der Waals surface area contributed by atoms with Crippen molar-refractivity contribution in [1.29, 1.82) is 0 Å². The molecule has 0 saturated carbocycles. The third-order valence-corrected chi connectivity index (χ3v) is 5.73. The number of aromatic nitrogens is 2. The minimum absolute atomic E-state index is 0.700. The van der Waals surface area contributed by atoms with Crippen LogP contribution in [0.1, 0.15) is 12.8 Å². The number of rotatable bonds is 5. The Kier molecular flexibility index (Phi) is 4.63. The van der Waals surface area contributed by atoms with E-state index in [1.54, 1.807) is 0 Å². The van der Waals surface area contributed by atoms with Crippen LogP contribution in [0.2, 0.25) is 0 Å². The number of nitrogens with one attached hydrogen (secondary N) is 3. The fraction of sp³-hybridized carbons (Fsp3) is 0.250. The Labute approximate surface area is 165 Å². The Morgan fingerprint density at radius 2 is 1.82 bits per heavy atom. The van der Waals surface area contributed by atoms with Crippen LogP contribution in [-0.2, 0) is 6.54 Å². The van der Waals surface area contributed by atoms with Gasteiger partial charge in [0.2, 0.25) is 0 Å². The third-order valence-electron chi connectivity index (χ3n) is 5.73. The molecular weight excluding hydrogens is 344 g/mol. The highest BCUT2D eigenvalue weighted by Gasteiger charge is 2.18. The summed E-state index contributed by atoms with van der Waals surface area (Å²) in [6.07, 6.45) is 9.05. The topological polar surface area (TPSA) is 44.8 Å². The average Bonchev–Trinajstić information content (AvgIpc) is 3.34. The molecular formula is C24H26N4. The summed E-state index contributed by atoms with van der Waals surface area (Å²) in [5.41, 5.74) is 6.00. The summed E-state index contributed by atoms with van der Waals surface area (Å²) in [5.74, 6) is 0.700. The first-order valence-electron chi connectivity index (χ1n) is 10.2. The van der Waals surface area contributed by atoms with Gasteiger partial charge < -0.3 is 20.2 Å². The van der Waals surface area contributed by atoms with Gasteiger partial charge in [0, 0.05) is 52.9 Å². The predicted molar refractivity (Wildman–Crippen MR) is 117 cm³/mol. The van der Waals surface area contributed by atoms with Crippen molar-refractivity contribution in [3.8, 4) is 11.1 Å². The molecule has 2 aromatic heterocycles. The van der Waals surface area contributed by atoms with Crippen LogP contribution in [0.25, 0.3) is 22.0 Å². The maximum atomic E-state index is 3.56. The van der Waals surface area contributed by atoms with Gasteiger partial charge in [-0.15, -0.1) is 0 Å². The number of benzene rings is 2. The minimum Gasteiger partial charge on any atom is -0.365 e. The zero-order valence-electron chi connectivity index (χ0n) is 16.0. The first-order valence-corrected chi connectivity index (χ1v) is 10.2. The summed E-state index contributed by atoms with van der Waals surface area (Å²) < 4.78 is 2.45. The van der Waals surface area contributed by atoms with Gasteiger partial charge in [-0.1, -0.05) is 36.4 Å². The predicted octanol–water partition coefficient (Wildman–Crippen LogP) is 5.38. The molecule has 1 atom stereocenters. The lowest BCUT2D eigenvalue weighted by molar-refractivity contribution is 0.341. The van der Waals surface area contributed by atoms with Gasteiger partial charge in [-0.25, -0.2) is 0 Å². The lowest BCUT2D eigenvalue weighted by Crippen LogP contribution is -2.32. The third kappa shape index (κ3) is 3.32. The molecule has 4 heteroatoms. The van der Waals surface area contributed by atoms with E-state index in [1.807, 2.05) is 12.3 Å². The molecule has 3 heterocycles. The molecule has 1 aliphatic rings. The quantitative estimate of drug-likeness (QED) is 0.442. The molecule has 28 heavy (non-hydrogen) atoms. The summed E-state index contributed by atoms with van der Waals surface area (Å²) in [6, 6.07) is 19.1. The van der Waals surface area contributed by atoms with Crippen LogP contribution < -0.4 is 10.6 Å². The average molecular weight is 371 g/mol. The molecule has 0 bridgehead atoms. The summed E-state index contributed by atoms with van der Waals surface area (Å²) in [6.45, 7) is 3.35. The van der Waals surface area contributed by atoms with Crippen molar-refractivity contribution < 1.29 is 0 Å². The highest BCUT2D eigenvalue weighted by atomic mass is 15.0. The van der Waals surface area contributed by atoms with Crippen LogP contribution in [0.15, 0.2) is 73.2 Å². The van der Waals surface area contributed by atoms with Crippen LogP contribution >= 0.6 is 0 Å². The Morgan fingerprint density at radius 3 is 2.68 bits per heavy atom. The number of H-pyrrole nitrogens is 1. The van der Waals surface area contributed by atoms with Crippen LogP contribution in [0.5, 0.6) is 0 Å². The van der Waals surface area contributed by atoms with E-state index in [2.05, 4.69) is 81.1 Å². The van der Waals surface area contributed by atoms with E-state index in [-0.39, 0.29) is 0 Å². The fourth-order valence-corrected chi connectivity index (χ4v) is 4.34. The second kappa shape index (κ2) is 7.56. The maximum Gasteiger partial charge on any atom is 0.0642 e. The lowest BCUT2D eigenvalue weighted by Gasteiger charge is -2.23. The summed E-state index contributed by atoms with van der Waals surface area (Å²) in [7, 11) is 0. The van der Waals surface area contributed by atoms with E-state index < -0.39 is 0 Å². The van der Waals surface area contributed by atoms with Crippen molar-refractivity contribution >= 4 is 22.3 Å². The number of para-hydroxylation sites is 2. The summed E-state index contributed by atoms with van der Waals surface area (Å²) in [4.78, 5) is 3.29. The van der Waals surface area contributed by atoms with Gasteiger partial charge in [0.1, 0.15) is 0 Å². The first-order chi connectivity index (χ1) is 13.9. The monoisotopic (exact) mass is 370 g/mol. The van der Waals surface area contributed by atoms with Gasteiger partial charge in [-0.3, -0.25) is 0 Å². The van der Waals surface area contributed by atoms with E-state index >= 15 is 0 Å². The van der Waals surface area contributed by atoms with E-state index in [0.29, 0.717) is 5.92 Å². The zero-order chi connectivity index (χ0) is 18.8. The van der Waals surface area contributed by atoms with Gasteiger partial charge in [0.05, 0.1) is 5.69 Å². The molecule has 1 aliphatic heterocycles. The number of hydrogen-bond donors (Lipinski definition) is 3. The summed E-state index contributed by atoms with van der Waals surface area (Å²) >= 11 is 0. The fourth-order valence-electron chi connectivity index (χ4n) is 4.34. The summed E-state index contributed by atoms with van der Waals surface area (Å²) in [5, 5.41) is 8.41. The van der Waals surface area contributed by atoms with Gasteiger partial charge in [-0.2, -0.15) is 0 Å². The molecule has 0 amide bonds. The largest absolute Gasteiger partial charge is 0.365 e. The highest BCUT2D eigenvalue weighted by Crippen LogP contribution is 2.36. The minimum atomic E-state index is 0.700. The lowest BCUT2D eigenvalue weighted by atomic mass is 10.00. The first kappa shape index (κ1) is 17.1. The number of aromatic amines is 1. The van der Waals surface area contributed by atoms with Crippen molar-refractivity contribution in [3.05, 3.63) is 73.2 Å². The highest BCUT2D eigenvalue weighted by molar-refractivity contribution is 5.99. The molecule has 2 aromatic carbocycles. The Hall–Kier alpha value is -2.98. The number of piperidine rings is 1. The molecule has 0 aliphatic carbocycles. The molecule has 1 saturated heterocycles. The van der Waals surface area contributed by atoms with E-state index in [1.165, 1.54) is 34.9 Å². The van der Waals surface area contributed by atoms with Gasteiger partial charge in [-0.05, 0) is 50.0 Å². The van der Waals surface area contributed by atoms with Crippen molar-refractivity contribution in [3.63, 3.8) is 0 Å². The Balaban J connectivity index is 1.52. The van der Waals surface area contributed by atoms with Gasteiger partial charge in [0.15, 0.2) is 0 Å². The van der Waals surface area contributed by atoms with Crippen LogP contribution in [0, 0.1) is 5.92 Å². The van der Waals surface area contributed by atoms with E-state index in [9.17, 15) is 0 Å². The van der Waals surface area contributed by atoms with Crippen LogP contribution in [-0.4, -0.2) is 22.6 Å². The van der Waals surface area contributed by atoms with Crippen molar-refractivity contribution in [2.75, 3.05) is 18.4 Å². The van der Waals surface area contributed by atoms with Crippen LogP contribution in [0.4, 0.5) is 11.4 Å². The van der Waals surface area contributed by atoms with Gasteiger partial charge in [0.25, 0.3) is 0 Å². The SMILES string of the molecule is c1ccc(Nc2c[nH]cc2-c2cn(CC3CCCNC3)c3ccccc23)cc1. The molecule has 5 rings (SSSR count). The smallest absolute Gasteiger partial charge is 0.0642 e. The van der Waals surface area contributed by atoms with Crippen molar-refractivity contribution in [2.45, 2.75) is 19.4 Å². The van der Waals surface area contributed by atoms with Gasteiger partial charge >= 0.3 is 0 Å². The van der Waals surface area contributed by atoms with E-state index in [4.69, 9.17) is 0 Å². The molecule has 4 nitrogen and oxygen atoms in total. The van der Waals surface area contributed by atoms with Crippen molar-refractivity contribution in [1.82, 2.24) is 14.9 Å². The molecule has 4 aromatic rings. The second-order valence-corrected chi connectivity index (χ2v) is 7.70. The number of nitrogens with zero attached hydrogens (tertiary/aromatic N) is 1. The normalized spacial score (nSPS) is 17.1. The Morgan fingerprint density at radius 1 is 0.964 bits per heavy atom. The number of fused-ring (bicyclic) bond motifs is 1. The molecule has 1 fully saturated rings. The molecule has 142 valence electrons. The number of anilines is 2. The van der Waals surface area contributed by atoms with E-state index in [0.717, 1.165) is 31.0 Å². The Bertz CT molecular complexity index is 1050. The molecule has 1 unspecified atom stereocenters. The van der Waals surface area contributed by atoms with Crippen molar-refractivity contribution in [2.24, 2.45) is 5.92 Å². The molecule has 0 radical (unpaired) electrons. The number of hydrogen-bond acceptors (Lipinski definition) is 2. The molecule has 0 spiro atoms. The molecule has 3 N–H and O–H groups in total. The van der Waals surface area contributed by atoms with Crippen LogP contribution in [0.3, 0.4) is 0 Å². The second-order valence-electron chi connectivity index (χ2n) is 7.70. The maximum absolute atomic E-state index is 3.56. The zero-order valence-corrected chi connectivity index (χ0v) is 16.0.